The number of unbranched alkanes of at least 4 members (excludes halogenated alkanes) is 1. The number of nitrogens with one attached hydrogen (secondary N) is 1. The Morgan fingerprint density at radius 2 is 2.04 bits per heavy atom. The number of nitrogens with zero attached hydrogens (tertiary/aromatic N) is 1. The predicted octanol–water partition coefficient (Wildman–Crippen LogP) is 4.27. The molecule has 0 aliphatic heterocycles. The molecule has 24 heavy (non-hydrogen) atoms. The molecule has 1 aromatic carbocycles. The average molecular weight is 332 g/mol. The van der Waals surface area contributed by atoms with Gasteiger partial charge in [-0.05, 0) is 44.9 Å². The zero-order chi connectivity index (χ0) is 18.0. The first kappa shape index (κ1) is 20.0. The fourth-order valence-electron chi connectivity index (χ4n) is 2.38. The zero-order valence-corrected chi connectivity index (χ0v) is 15.1. The van der Waals surface area contributed by atoms with Crippen molar-refractivity contribution in [3.8, 4) is 11.8 Å². The highest BCUT2D eigenvalue weighted by Gasteiger charge is 2.33. The van der Waals surface area contributed by atoms with E-state index in [2.05, 4.69) is 18.3 Å². The number of hydrogen-bond acceptors (Lipinski definition) is 4. The van der Waals surface area contributed by atoms with Crippen LogP contribution >= 0.6 is 0 Å². The molecular formula is C19H28N2O3. The third-order valence-electron chi connectivity index (χ3n) is 3.77. The van der Waals surface area contributed by atoms with Crippen LogP contribution in [0.4, 0.5) is 5.69 Å². The van der Waals surface area contributed by atoms with Crippen molar-refractivity contribution < 1.29 is 14.3 Å². The fourth-order valence-corrected chi connectivity index (χ4v) is 2.38. The summed E-state index contributed by atoms with van der Waals surface area (Å²) in [6, 6.07) is 7.20. The molecule has 1 aromatic rings. The number of hydrogen-bond donors (Lipinski definition) is 1. The Kier molecular flexibility index (Phi) is 8.28. The maximum Gasteiger partial charge on any atom is 0.256 e. The van der Waals surface area contributed by atoms with E-state index in [4.69, 9.17) is 9.47 Å². The number of anilines is 1. The van der Waals surface area contributed by atoms with Gasteiger partial charge in [-0.1, -0.05) is 26.7 Å². The second-order valence-corrected chi connectivity index (χ2v) is 5.89. The van der Waals surface area contributed by atoms with Crippen LogP contribution in [0, 0.1) is 11.3 Å². The third kappa shape index (κ3) is 5.54. The highest BCUT2D eigenvalue weighted by molar-refractivity contribution is 5.97. The lowest BCUT2D eigenvalue weighted by molar-refractivity contribution is -0.139. The van der Waals surface area contributed by atoms with E-state index >= 15 is 0 Å². The van der Waals surface area contributed by atoms with Gasteiger partial charge < -0.3 is 14.8 Å². The number of benzene rings is 1. The van der Waals surface area contributed by atoms with Gasteiger partial charge in [0.25, 0.3) is 5.91 Å². The van der Waals surface area contributed by atoms with E-state index in [0.29, 0.717) is 36.6 Å². The average Bonchev–Trinajstić information content (AvgIpc) is 2.58. The molecule has 0 aliphatic rings. The van der Waals surface area contributed by atoms with Crippen molar-refractivity contribution in [1.29, 1.82) is 5.26 Å². The first-order chi connectivity index (χ1) is 11.5. The number of ether oxygens (including phenoxy) is 2. The summed E-state index contributed by atoms with van der Waals surface area (Å²) in [5.74, 6) is 0.347. The van der Waals surface area contributed by atoms with E-state index in [1.54, 1.807) is 18.2 Å². The molecular weight excluding hydrogens is 304 g/mol. The normalized spacial score (nSPS) is 13.0. The molecule has 1 N–H and O–H groups in total. The van der Waals surface area contributed by atoms with Crippen LogP contribution < -0.4 is 10.1 Å². The Bertz CT molecular complexity index is 580. The molecule has 0 aromatic heterocycles. The van der Waals surface area contributed by atoms with Crippen LogP contribution in [0.15, 0.2) is 18.2 Å². The standard InChI is InChI=1S/C19H28N2O3/c1-5-8-11-19(4,24-7-3)18(22)21-16-9-10-17(23-12-6-2)15(13-16)14-20/h9-10,13H,5-8,11-12H2,1-4H3,(H,21,22)/t19-/m0/s1. The van der Waals surface area contributed by atoms with Crippen molar-refractivity contribution in [2.24, 2.45) is 0 Å². The minimum atomic E-state index is -0.866. The summed E-state index contributed by atoms with van der Waals surface area (Å²) in [6.45, 7) is 8.81. The lowest BCUT2D eigenvalue weighted by Crippen LogP contribution is -2.42. The SMILES string of the molecule is CCCC[C@](C)(OCC)C(=O)Nc1ccc(OCCC)c(C#N)c1. The zero-order valence-electron chi connectivity index (χ0n) is 15.1. The van der Waals surface area contributed by atoms with E-state index in [1.807, 2.05) is 20.8 Å². The molecule has 0 unspecified atom stereocenters. The monoisotopic (exact) mass is 332 g/mol. The first-order valence-corrected chi connectivity index (χ1v) is 8.63. The van der Waals surface area contributed by atoms with Gasteiger partial charge in [-0.25, -0.2) is 0 Å². The molecule has 0 spiro atoms. The van der Waals surface area contributed by atoms with E-state index in [-0.39, 0.29) is 5.91 Å². The van der Waals surface area contributed by atoms with Crippen LogP contribution in [0.2, 0.25) is 0 Å². The number of rotatable bonds is 10. The molecule has 0 fully saturated rings. The Balaban J connectivity index is 2.90. The molecule has 0 heterocycles. The first-order valence-electron chi connectivity index (χ1n) is 8.63. The Morgan fingerprint density at radius 1 is 1.29 bits per heavy atom. The van der Waals surface area contributed by atoms with Crippen molar-refractivity contribution >= 4 is 11.6 Å². The number of nitriles is 1. The maximum absolute atomic E-state index is 12.6. The summed E-state index contributed by atoms with van der Waals surface area (Å²) in [6.07, 6.45) is 3.44. The van der Waals surface area contributed by atoms with Gasteiger partial charge in [-0.2, -0.15) is 5.26 Å². The van der Waals surface area contributed by atoms with Gasteiger partial charge in [-0.3, -0.25) is 4.79 Å². The van der Waals surface area contributed by atoms with E-state index < -0.39 is 5.60 Å². The molecule has 0 radical (unpaired) electrons. The molecule has 0 bridgehead atoms. The highest BCUT2D eigenvalue weighted by Crippen LogP contribution is 2.25. The molecule has 132 valence electrons. The van der Waals surface area contributed by atoms with Crippen LogP contribution in [-0.4, -0.2) is 24.7 Å². The Labute approximate surface area is 145 Å². The van der Waals surface area contributed by atoms with Gasteiger partial charge in [0.15, 0.2) is 0 Å². The van der Waals surface area contributed by atoms with Gasteiger partial charge in [0.1, 0.15) is 17.4 Å². The van der Waals surface area contributed by atoms with Gasteiger partial charge in [0.2, 0.25) is 0 Å². The van der Waals surface area contributed by atoms with Crippen LogP contribution in [0.5, 0.6) is 5.75 Å². The highest BCUT2D eigenvalue weighted by atomic mass is 16.5. The van der Waals surface area contributed by atoms with Gasteiger partial charge in [0.05, 0.1) is 12.2 Å². The predicted molar refractivity (Wildman–Crippen MR) is 95.1 cm³/mol. The van der Waals surface area contributed by atoms with Gasteiger partial charge >= 0.3 is 0 Å². The van der Waals surface area contributed by atoms with Crippen LogP contribution in [0.25, 0.3) is 0 Å². The van der Waals surface area contributed by atoms with Gasteiger partial charge in [0, 0.05) is 12.3 Å². The van der Waals surface area contributed by atoms with Crippen molar-refractivity contribution in [2.45, 2.75) is 59.0 Å². The van der Waals surface area contributed by atoms with Crippen molar-refractivity contribution in [1.82, 2.24) is 0 Å². The summed E-state index contributed by atoms with van der Waals surface area (Å²) in [5.41, 5.74) is 0.116. The molecule has 0 saturated carbocycles. The molecule has 0 aliphatic carbocycles. The summed E-state index contributed by atoms with van der Waals surface area (Å²) < 4.78 is 11.2. The molecule has 1 amide bonds. The smallest absolute Gasteiger partial charge is 0.256 e. The lowest BCUT2D eigenvalue weighted by Gasteiger charge is -2.28. The lowest BCUT2D eigenvalue weighted by atomic mass is 9.97. The topological polar surface area (TPSA) is 71.3 Å². The van der Waals surface area contributed by atoms with E-state index in [0.717, 1.165) is 19.3 Å². The van der Waals surface area contributed by atoms with Gasteiger partial charge in [-0.15, -0.1) is 0 Å². The maximum atomic E-state index is 12.6. The Hall–Kier alpha value is -2.06. The fraction of sp³-hybridized carbons (Fsp3) is 0.579. The number of carbonyl (C=O) groups excluding carboxylic acids is 1. The Morgan fingerprint density at radius 3 is 2.62 bits per heavy atom. The molecule has 1 atom stereocenters. The minimum absolute atomic E-state index is 0.191. The number of amides is 1. The third-order valence-corrected chi connectivity index (χ3v) is 3.77. The summed E-state index contributed by atoms with van der Waals surface area (Å²) in [7, 11) is 0. The van der Waals surface area contributed by atoms with Crippen LogP contribution in [-0.2, 0) is 9.53 Å². The van der Waals surface area contributed by atoms with E-state index in [9.17, 15) is 10.1 Å². The largest absolute Gasteiger partial charge is 0.492 e. The molecule has 5 heteroatoms. The quantitative estimate of drug-likeness (QED) is 0.694. The van der Waals surface area contributed by atoms with Crippen LogP contribution in [0.3, 0.4) is 0 Å². The summed E-state index contributed by atoms with van der Waals surface area (Å²) in [5, 5.41) is 12.1. The van der Waals surface area contributed by atoms with Crippen molar-refractivity contribution in [3.05, 3.63) is 23.8 Å². The van der Waals surface area contributed by atoms with E-state index in [1.165, 1.54) is 0 Å². The molecule has 0 saturated heterocycles. The number of carbonyl (C=O) groups is 1. The van der Waals surface area contributed by atoms with Crippen molar-refractivity contribution in [2.75, 3.05) is 18.5 Å². The molecule has 5 nitrogen and oxygen atoms in total. The molecule has 1 rings (SSSR count). The minimum Gasteiger partial charge on any atom is -0.492 e. The second kappa shape index (κ2) is 9.94. The second-order valence-electron chi connectivity index (χ2n) is 5.89. The summed E-state index contributed by atoms with van der Waals surface area (Å²) >= 11 is 0. The summed E-state index contributed by atoms with van der Waals surface area (Å²) in [4.78, 5) is 12.6. The van der Waals surface area contributed by atoms with Crippen molar-refractivity contribution in [3.63, 3.8) is 0 Å². The van der Waals surface area contributed by atoms with Crippen LogP contribution in [0.1, 0.15) is 58.9 Å².